The largest absolute Gasteiger partial charge is 0.462 e. The maximum Gasteiger partial charge on any atom is 0.306 e. The van der Waals surface area contributed by atoms with E-state index >= 15 is 0 Å². The molecule has 5 heteroatoms. The number of hydrogen-bond donors (Lipinski definition) is 1. The van der Waals surface area contributed by atoms with E-state index in [1.807, 2.05) is 0 Å². The number of unbranched alkanes of at least 4 members (excludes halogenated alkanes) is 25. The van der Waals surface area contributed by atoms with Crippen molar-refractivity contribution >= 4 is 11.9 Å². The minimum atomic E-state index is -0.764. The molecule has 0 fully saturated rings. The molecule has 260 valence electrons. The summed E-state index contributed by atoms with van der Waals surface area (Å²) in [4.78, 5) is 24.2. The van der Waals surface area contributed by atoms with Gasteiger partial charge in [-0.15, -0.1) is 0 Å². The second-order valence-corrected chi connectivity index (χ2v) is 13.0. The first kappa shape index (κ1) is 42.6. The van der Waals surface area contributed by atoms with Crippen molar-refractivity contribution in [1.82, 2.24) is 0 Å². The molecular weight excluding hydrogens is 548 g/mol. The van der Waals surface area contributed by atoms with E-state index in [0.29, 0.717) is 12.8 Å². The highest BCUT2D eigenvalue weighted by atomic mass is 16.6. The number of carbonyl (C=O) groups excluding carboxylic acids is 2. The quantitative estimate of drug-likeness (QED) is 0.0432. The number of esters is 2. The molecule has 0 aliphatic carbocycles. The summed E-state index contributed by atoms with van der Waals surface area (Å²) in [7, 11) is 0. The van der Waals surface area contributed by atoms with Gasteiger partial charge in [0.05, 0.1) is 6.61 Å². The molecule has 0 unspecified atom stereocenters. The lowest BCUT2D eigenvalue weighted by Gasteiger charge is -2.15. The van der Waals surface area contributed by atoms with Crippen LogP contribution in [-0.4, -0.2) is 36.4 Å². The molecule has 0 bridgehead atoms. The van der Waals surface area contributed by atoms with E-state index in [4.69, 9.17) is 9.47 Å². The third-order valence-corrected chi connectivity index (χ3v) is 8.56. The number of allylic oxidation sites excluding steroid dienone is 2. The summed E-state index contributed by atoms with van der Waals surface area (Å²) in [5, 5.41) is 9.53. The van der Waals surface area contributed by atoms with Crippen LogP contribution in [0.3, 0.4) is 0 Å². The predicted molar refractivity (Wildman–Crippen MR) is 187 cm³/mol. The lowest BCUT2D eigenvalue weighted by Crippen LogP contribution is -2.28. The highest BCUT2D eigenvalue weighted by molar-refractivity contribution is 5.70. The molecule has 5 nitrogen and oxygen atoms in total. The van der Waals surface area contributed by atoms with Crippen LogP contribution in [0.15, 0.2) is 12.2 Å². The molecule has 0 aromatic carbocycles. The highest BCUT2D eigenvalue weighted by Gasteiger charge is 2.16. The Morgan fingerprint density at radius 1 is 0.500 bits per heavy atom. The van der Waals surface area contributed by atoms with Crippen LogP contribution in [0.2, 0.25) is 0 Å². The standard InChI is InChI=1S/C39H74O5/c1-3-5-7-9-11-13-15-16-17-18-19-20-21-22-24-26-28-30-32-34-39(42)44-37(35-40)36-43-38(41)33-31-29-27-25-23-14-12-10-8-6-4-2/h16-17,37,40H,3-15,18-36H2,1-2H3/b17-16-/t37-/m0/s1. The molecule has 0 heterocycles. The summed E-state index contributed by atoms with van der Waals surface area (Å²) in [6.07, 6.45) is 39.8. The highest BCUT2D eigenvalue weighted by Crippen LogP contribution is 2.14. The van der Waals surface area contributed by atoms with Crippen LogP contribution in [0.25, 0.3) is 0 Å². The average Bonchev–Trinajstić information content (AvgIpc) is 3.02. The molecule has 1 N–H and O–H groups in total. The van der Waals surface area contributed by atoms with Gasteiger partial charge in [-0.2, -0.15) is 0 Å². The van der Waals surface area contributed by atoms with E-state index in [1.54, 1.807) is 0 Å². The van der Waals surface area contributed by atoms with Crippen molar-refractivity contribution in [2.75, 3.05) is 13.2 Å². The summed E-state index contributed by atoms with van der Waals surface area (Å²) >= 11 is 0. The van der Waals surface area contributed by atoms with E-state index < -0.39 is 6.10 Å². The molecule has 0 aromatic rings. The number of rotatable bonds is 35. The predicted octanol–water partition coefficient (Wildman–Crippen LogP) is 11.7. The van der Waals surface area contributed by atoms with E-state index in [1.165, 1.54) is 141 Å². The maximum absolute atomic E-state index is 12.1. The van der Waals surface area contributed by atoms with Crippen LogP contribution >= 0.6 is 0 Å². The Kier molecular flexibility index (Phi) is 35.0. The smallest absolute Gasteiger partial charge is 0.306 e. The van der Waals surface area contributed by atoms with Gasteiger partial charge in [0.25, 0.3) is 0 Å². The normalized spacial score (nSPS) is 12.2. The SMILES string of the molecule is CCCCCCCC/C=C\CCCCCCCCCCCC(=O)O[C@@H](CO)COC(=O)CCCCCCCCCCCCC. The number of carbonyl (C=O) groups is 2. The zero-order valence-corrected chi connectivity index (χ0v) is 29.4. The minimum Gasteiger partial charge on any atom is -0.462 e. The Balaban J connectivity index is 3.51. The molecule has 0 amide bonds. The number of ether oxygens (including phenoxy) is 2. The molecular formula is C39H74O5. The van der Waals surface area contributed by atoms with Gasteiger partial charge in [-0.1, -0.05) is 167 Å². The molecule has 1 atom stereocenters. The zero-order chi connectivity index (χ0) is 32.2. The van der Waals surface area contributed by atoms with Crippen molar-refractivity contribution in [2.45, 2.75) is 213 Å². The first-order valence-corrected chi connectivity index (χ1v) is 19.2. The van der Waals surface area contributed by atoms with Crippen LogP contribution < -0.4 is 0 Å². The van der Waals surface area contributed by atoms with E-state index in [0.717, 1.165) is 38.5 Å². The van der Waals surface area contributed by atoms with Gasteiger partial charge in [0.2, 0.25) is 0 Å². The Bertz CT molecular complexity index is 632. The lowest BCUT2D eigenvalue weighted by molar-refractivity contribution is -0.161. The van der Waals surface area contributed by atoms with Gasteiger partial charge in [-0.3, -0.25) is 9.59 Å². The van der Waals surface area contributed by atoms with Crippen LogP contribution in [0.4, 0.5) is 0 Å². The fourth-order valence-electron chi connectivity index (χ4n) is 5.61. The van der Waals surface area contributed by atoms with Crippen molar-refractivity contribution in [1.29, 1.82) is 0 Å². The van der Waals surface area contributed by atoms with E-state index in [9.17, 15) is 14.7 Å². The van der Waals surface area contributed by atoms with Gasteiger partial charge in [-0.25, -0.2) is 0 Å². The third-order valence-electron chi connectivity index (χ3n) is 8.56. The summed E-state index contributed by atoms with van der Waals surface area (Å²) < 4.78 is 10.6. The van der Waals surface area contributed by atoms with Gasteiger partial charge in [-0.05, 0) is 38.5 Å². The van der Waals surface area contributed by atoms with Crippen molar-refractivity contribution in [2.24, 2.45) is 0 Å². The van der Waals surface area contributed by atoms with Crippen molar-refractivity contribution in [3.8, 4) is 0 Å². The zero-order valence-electron chi connectivity index (χ0n) is 29.4. The van der Waals surface area contributed by atoms with Crippen molar-refractivity contribution in [3.63, 3.8) is 0 Å². The molecule has 0 saturated heterocycles. The minimum absolute atomic E-state index is 0.0609. The van der Waals surface area contributed by atoms with Gasteiger partial charge in [0, 0.05) is 12.8 Å². The first-order valence-electron chi connectivity index (χ1n) is 19.2. The Labute approximate surface area is 273 Å². The third kappa shape index (κ3) is 33.5. The molecule has 0 aliphatic rings. The molecule has 0 saturated carbocycles. The summed E-state index contributed by atoms with van der Waals surface area (Å²) in [6, 6.07) is 0. The van der Waals surface area contributed by atoms with Crippen LogP contribution in [0.1, 0.15) is 206 Å². The molecule has 0 rings (SSSR count). The van der Waals surface area contributed by atoms with Crippen LogP contribution in [0, 0.1) is 0 Å². The average molecular weight is 623 g/mol. The number of aliphatic hydroxyl groups excluding tert-OH is 1. The molecule has 0 aromatic heterocycles. The topological polar surface area (TPSA) is 72.8 Å². The van der Waals surface area contributed by atoms with E-state index in [-0.39, 0.29) is 25.2 Å². The van der Waals surface area contributed by atoms with Crippen molar-refractivity contribution < 1.29 is 24.2 Å². The molecule has 0 radical (unpaired) electrons. The molecule has 44 heavy (non-hydrogen) atoms. The maximum atomic E-state index is 12.1. The van der Waals surface area contributed by atoms with Gasteiger partial charge >= 0.3 is 11.9 Å². The lowest BCUT2D eigenvalue weighted by atomic mass is 10.1. The Morgan fingerprint density at radius 3 is 1.23 bits per heavy atom. The fraction of sp³-hybridized carbons (Fsp3) is 0.897. The van der Waals surface area contributed by atoms with Crippen molar-refractivity contribution in [3.05, 3.63) is 12.2 Å². The summed E-state index contributed by atoms with van der Waals surface area (Å²) in [5.41, 5.74) is 0. The second kappa shape index (κ2) is 36.1. The number of hydrogen-bond acceptors (Lipinski definition) is 5. The van der Waals surface area contributed by atoms with E-state index in [2.05, 4.69) is 26.0 Å². The van der Waals surface area contributed by atoms with Gasteiger partial charge in [0.15, 0.2) is 6.10 Å². The summed E-state index contributed by atoms with van der Waals surface area (Å²) in [5.74, 6) is -0.586. The monoisotopic (exact) mass is 623 g/mol. The fourth-order valence-corrected chi connectivity index (χ4v) is 5.61. The second-order valence-electron chi connectivity index (χ2n) is 13.0. The summed E-state index contributed by atoms with van der Waals surface area (Å²) in [6.45, 7) is 4.13. The number of aliphatic hydroxyl groups is 1. The van der Waals surface area contributed by atoms with Crippen LogP contribution in [-0.2, 0) is 19.1 Å². The Hall–Kier alpha value is -1.36. The van der Waals surface area contributed by atoms with Crippen LogP contribution in [0.5, 0.6) is 0 Å². The molecule has 0 spiro atoms. The van der Waals surface area contributed by atoms with Gasteiger partial charge < -0.3 is 14.6 Å². The Morgan fingerprint density at radius 2 is 0.841 bits per heavy atom. The first-order chi connectivity index (χ1) is 21.6. The molecule has 0 aliphatic heterocycles. The van der Waals surface area contributed by atoms with Gasteiger partial charge in [0.1, 0.15) is 6.61 Å².